The first-order valence-electron chi connectivity index (χ1n) is 3.27. The molecule has 4 nitrogen and oxygen atoms in total. The number of carbonyl (C=O) groups is 1. The third kappa shape index (κ3) is 1.97. The van der Waals surface area contributed by atoms with Crippen LogP contribution in [-0.4, -0.2) is 10.2 Å². The minimum atomic E-state index is -1.01. The average molecular weight is 254 g/mol. The third-order valence-electron chi connectivity index (χ3n) is 1.46. The summed E-state index contributed by atoms with van der Waals surface area (Å²) in [5, 5.41) is 9.27. The van der Waals surface area contributed by atoms with Crippen LogP contribution >= 0.6 is 34.8 Å². The van der Waals surface area contributed by atoms with Crippen molar-refractivity contribution < 1.29 is 9.72 Å². The van der Waals surface area contributed by atoms with Gasteiger partial charge in [-0.15, -0.1) is 0 Å². The number of hydrogen-bond donors (Lipinski definition) is 0. The summed E-state index contributed by atoms with van der Waals surface area (Å²) in [6, 6.07) is 2.50. The summed E-state index contributed by atoms with van der Waals surface area (Å²) in [6.45, 7) is 0. The quantitative estimate of drug-likeness (QED) is 0.462. The van der Waals surface area contributed by atoms with Gasteiger partial charge in [-0.05, 0) is 23.7 Å². The van der Waals surface area contributed by atoms with E-state index in [4.69, 9.17) is 34.8 Å². The van der Waals surface area contributed by atoms with Crippen LogP contribution in [0.2, 0.25) is 10.0 Å². The first-order valence-corrected chi connectivity index (χ1v) is 4.40. The van der Waals surface area contributed by atoms with Crippen molar-refractivity contribution in [3.63, 3.8) is 0 Å². The highest BCUT2D eigenvalue weighted by Crippen LogP contribution is 2.34. The fourth-order valence-corrected chi connectivity index (χ4v) is 1.61. The van der Waals surface area contributed by atoms with Gasteiger partial charge in [0.2, 0.25) is 0 Å². The molecule has 1 rings (SSSR count). The zero-order chi connectivity index (χ0) is 10.9. The number of rotatable bonds is 2. The molecule has 0 aliphatic carbocycles. The normalized spacial score (nSPS) is 9.93. The van der Waals surface area contributed by atoms with E-state index in [2.05, 4.69) is 0 Å². The molecule has 14 heavy (non-hydrogen) atoms. The SMILES string of the molecule is O=C(Cl)c1c(Cl)ccc(Cl)c1[N+](=O)[O-]. The Labute approximate surface area is 93.5 Å². The lowest BCUT2D eigenvalue weighted by Gasteiger charge is -2.01. The number of nitro benzene ring substituents is 1. The van der Waals surface area contributed by atoms with Gasteiger partial charge in [0, 0.05) is 0 Å². The molecule has 7 heteroatoms. The van der Waals surface area contributed by atoms with Gasteiger partial charge in [0.15, 0.2) is 0 Å². The van der Waals surface area contributed by atoms with Crippen LogP contribution < -0.4 is 0 Å². The summed E-state index contributed by atoms with van der Waals surface area (Å²) in [4.78, 5) is 20.6. The molecule has 0 fully saturated rings. The maximum Gasteiger partial charge on any atom is 0.301 e. The number of benzene rings is 1. The van der Waals surface area contributed by atoms with Crippen molar-refractivity contribution in [1.82, 2.24) is 0 Å². The van der Waals surface area contributed by atoms with Crippen molar-refractivity contribution in [2.75, 3.05) is 0 Å². The monoisotopic (exact) mass is 253 g/mol. The van der Waals surface area contributed by atoms with E-state index in [0.717, 1.165) is 0 Å². The summed E-state index contributed by atoms with van der Waals surface area (Å²) in [5.41, 5.74) is -0.954. The number of nitrogens with zero attached hydrogens (tertiary/aromatic N) is 1. The first kappa shape index (κ1) is 11.2. The summed E-state index contributed by atoms with van der Waals surface area (Å²) in [5.74, 6) is 0. The summed E-state index contributed by atoms with van der Waals surface area (Å²) in [6.07, 6.45) is 0. The molecule has 1 aromatic carbocycles. The van der Waals surface area contributed by atoms with E-state index < -0.39 is 15.9 Å². The fraction of sp³-hybridized carbons (Fsp3) is 0. The first-order chi connectivity index (χ1) is 6.45. The lowest BCUT2D eigenvalue weighted by atomic mass is 10.2. The molecule has 0 aliphatic rings. The molecule has 0 aromatic heterocycles. The Morgan fingerprint density at radius 3 is 2.14 bits per heavy atom. The molecule has 1 aromatic rings. The summed E-state index contributed by atoms with van der Waals surface area (Å²) < 4.78 is 0. The molecule has 0 saturated carbocycles. The molecule has 0 heterocycles. The summed E-state index contributed by atoms with van der Waals surface area (Å²) in [7, 11) is 0. The molecule has 0 radical (unpaired) electrons. The molecular weight excluding hydrogens is 252 g/mol. The van der Waals surface area contributed by atoms with E-state index in [0.29, 0.717) is 0 Å². The molecule has 0 amide bonds. The Balaban J connectivity index is 3.58. The van der Waals surface area contributed by atoms with Crippen molar-refractivity contribution in [2.24, 2.45) is 0 Å². The second-order valence-corrected chi connectivity index (χ2v) is 3.44. The third-order valence-corrected chi connectivity index (χ3v) is 2.27. The van der Waals surface area contributed by atoms with Crippen LogP contribution in [0.1, 0.15) is 10.4 Å². The Morgan fingerprint density at radius 2 is 1.79 bits per heavy atom. The van der Waals surface area contributed by atoms with E-state index in [9.17, 15) is 14.9 Å². The van der Waals surface area contributed by atoms with Crippen LogP contribution in [0, 0.1) is 10.1 Å². The van der Waals surface area contributed by atoms with Gasteiger partial charge in [-0.25, -0.2) is 0 Å². The van der Waals surface area contributed by atoms with Gasteiger partial charge >= 0.3 is 5.69 Å². The molecule has 0 spiro atoms. The van der Waals surface area contributed by atoms with Crippen LogP contribution in [0.5, 0.6) is 0 Å². The predicted molar refractivity (Wildman–Crippen MR) is 53.3 cm³/mol. The second kappa shape index (κ2) is 4.13. The molecule has 0 aliphatic heterocycles. The molecule has 0 N–H and O–H groups in total. The van der Waals surface area contributed by atoms with E-state index in [1.165, 1.54) is 12.1 Å². The topological polar surface area (TPSA) is 60.2 Å². The van der Waals surface area contributed by atoms with Gasteiger partial charge < -0.3 is 0 Å². The lowest BCUT2D eigenvalue weighted by Crippen LogP contribution is -2.00. The van der Waals surface area contributed by atoms with Crippen molar-refractivity contribution in [1.29, 1.82) is 0 Å². The van der Waals surface area contributed by atoms with Crippen LogP contribution in [0.4, 0.5) is 5.69 Å². The van der Waals surface area contributed by atoms with Crippen molar-refractivity contribution >= 4 is 45.7 Å². The van der Waals surface area contributed by atoms with Crippen LogP contribution in [0.3, 0.4) is 0 Å². The zero-order valence-corrected chi connectivity index (χ0v) is 8.73. The average Bonchev–Trinajstić information content (AvgIpc) is 2.07. The van der Waals surface area contributed by atoms with Gasteiger partial charge in [0.1, 0.15) is 10.6 Å². The number of hydrogen-bond acceptors (Lipinski definition) is 3. The zero-order valence-electron chi connectivity index (χ0n) is 6.46. The highest BCUT2D eigenvalue weighted by atomic mass is 35.5. The minimum absolute atomic E-state index is 0.0962. The maximum absolute atomic E-state index is 10.9. The van der Waals surface area contributed by atoms with Crippen LogP contribution in [-0.2, 0) is 0 Å². The van der Waals surface area contributed by atoms with E-state index >= 15 is 0 Å². The molecule has 0 unspecified atom stereocenters. The van der Waals surface area contributed by atoms with Crippen molar-refractivity contribution in [3.8, 4) is 0 Å². The van der Waals surface area contributed by atoms with Gasteiger partial charge in [-0.2, -0.15) is 0 Å². The predicted octanol–water partition coefficient (Wildman–Crippen LogP) is 3.28. The minimum Gasteiger partial charge on any atom is -0.275 e. The molecular formula is C7H2Cl3NO3. The summed E-state index contributed by atoms with van der Waals surface area (Å²) >= 11 is 16.2. The lowest BCUT2D eigenvalue weighted by molar-refractivity contribution is -0.384. The molecule has 0 bridgehead atoms. The van der Waals surface area contributed by atoms with E-state index in [-0.39, 0.29) is 15.6 Å². The highest BCUT2D eigenvalue weighted by molar-refractivity contribution is 6.69. The molecule has 0 saturated heterocycles. The number of nitro groups is 1. The van der Waals surface area contributed by atoms with E-state index in [1.54, 1.807) is 0 Å². The van der Waals surface area contributed by atoms with Gasteiger partial charge in [-0.3, -0.25) is 14.9 Å². The standard InChI is InChI=1S/C7H2Cl3NO3/c8-3-1-2-4(9)6(11(13)14)5(3)7(10)12/h1-2H. The van der Waals surface area contributed by atoms with Crippen molar-refractivity contribution in [2.45, 2.75) is 0 Å². The fourth-order valence-electron chi connectivity index (χ4n) is 0.907. The van der Waals surface area contributed by atoms with Gasteiger partial charge in [-0.1, -0.05) is 23.2 Å². The maximum atomic E-state index is 10.9. The van der Waals surface area contributed by atoms with E-state index in [1.807, 2.05) is 0 Å². The van der Waals surface area contributed by atoms with Crippen LogP contribution in [0.15, 0.2) is 12.1 Å². The molecule has 0 atom stereocenters. The smallest absolute Gasteiger partial charge is 0.275 e. The van der Waals surface area contributed by atoms with Gasteiger partial charge in [0.25, 0.3) is 5.24 Å². The Kier molecular flexibility index (Phi) is 3.31. The van der Waals surface area contributed by atoms with Gasteiger partial charge in [0.05, 0.1) is 9.95 Å². The largest absolute Gasteiger partial charge is 0.301 e. The second-order valence-electron chi connectivity index (χ2n) is 2.28. The number of carbonyl (C=O) groups excluding carboxylic acids is 1. The molecule has 74 valence electrons. The van der Waals surface area contributed by atoms with Crippen LogP contribution in [0.25, 0.3) is 0 Å². The van der Waals surface area contributed by atoms with Crippen molar-refractivity contribution in [3.05, 3.63) is 37.9 Å². The Hall–Kier alpha value is -0.840. The Bertz CT molecular complexity index is 380. The Morgan fingerprint density at radius 1 is 1.29 bits per heavy atom. The number of halogens is 3. The highest BCUT2D eigenvalue weighted by Gasteiger charge is 2.25.